The summed E-state index contributed by atoms with van der Waals surface area (Å²) in [6, 6.07) is 0. The molecule has 0 aromatic rings. The van der Waals surface area contributed by atoms with Crippen molar-refractivity contribution in [1.29, 1.82) is 0 Å². The third-order valence-electron chi connectivity index (χ3n) is 2.17. The van der Waals surface area contributed by atoms with Crippen LogP contribution in [0.3, 0.4) is 0 Å². The van der Waals surface area contributed by atoms with E-state index in [1.807, 2.05) is 0 Å². The quantitative estimate of drug-likeness (QED) is 0.649. The lowest BCUT2D eigenvalue weighted by Crippen LogP contribution is -2.31. The van der Waals surface area contributed by atoms with Gasteiger partial charge in [0.15, 0.2) is 5.79 Å². The van der Waals surface area contributed by atoms with Crippen LogP contribution in [0.1, 0.15) is 33.6 Å². The smallest absolute Gasteiger partial charge is 0.168 e. The molecule has 0 spiro atoms. The van der Waals surface area contributed by atoms with Gasteiger partial charge < -0.3 is 9.47 Å². The molecule has 1 rings (SSSR count). The lowest BCUT2D eigenvalue weighted by Gasteiger charge is -2.28. The van der Waals surface area contributed by atoms with E-state index in [-0.39, 0.29) is 11.9 Å². The van der Waals surface area contributed by atoms with E-state index in [9.17, 15) is 0 Å². The Morgan fingerprint density at radius 1 is 1.58 bits per heavy atom. The molecule has 0 aromatic heterocycles. The molecule has 0 N–H and O–H groups in total. The van der Waals surface area contributed by atoms with Crippen LogP contribution in [-0.2, 0) is 9.47 Å². The van der Waals surface area contributed by atoms with Gasteiger partial charge in [0.1, 0.15) is 0 Å². The maximum absolute atomic E-state index is 5.68. The van der Waals surface area contributed by atoms with Gasteiger partial charge in [0.2, 0.25) is 0 Å². The maximum atomic E-state index is 5.68. The van der Waals surface area contributed by atoms with Crippen LogP contribution < -0.4 is 0 Å². The molecule has 2 heteroatoms. The topological polar surface area (TPSA) is 18.5 Å². The van der Waals surface area contributed by atoms with Crippen LogP contribution in [-0.4, -0.2) is 18.5 Å². The molecule has 2 unspecified atom stereocenters. The molecule has 1 radical (unpaired) electrons. The highest BCUT2D eigenvalue weighted by molar-refractivity contribution is 4.79. The first kappa shape index (κ1) is 10.0. The lowest BCUT2D eigenvalue weighted by molar-refractivity contribution is -0.176. The Labute approximate surface area is 75.2 Å². The fraction of sp³-hybridized carbons (Fsp3) is 0.900. The van der Waals surface area contributed by atoms with Crippen LogP contribution in [0.15, 0.2) is 0 Å². The minimum atomic E-state index is -0.333. The van der Waals surface area contributed by atoms with E-state index in [1.54, 1.807) is 0 Å². The van der Waals surface area contributed by atoms with Crippen LogP contribution in [0.25, 0.3) is 0 Å². The number of rotatable bonds is 3. The first-order chi connectivity index (χ1) is 5.58. The van der Waals surface area contributed by atoms with Crippen LogP contribution >= 0.6 is 0 Å². The van der Waals surface area contributed by atoms with Gasteiger partial charge in [0.25, 0.3) is 0 Å². The lowest BCUT2D eigenvalue weighted by atomic mass is 10.0. The van der Waals surface area contributed by atoms with Gasteiger partial charge in [0.05, 0.1) is 12.7 Å². The molecule has 12 heavy (non-hydrogen) atoms. The molecular formula is C10H19O2. The molecule has 1 aliphatic heterocycles. The fourth-order valence-corrected chi connectivity index (χ4v) is 1.68. The van der Waals surface area contributed by atoms with Crippen molar-refractivity contribution in [3.8, 4) is 0 Å². The summed E-state index contributed by atoms with van der Waals surface area (Å²) in [5.41, 5.74) is 0. The van der Waals surface area contributed by atoms with E-state index < -0.39 is 0 Å². The Hall–Kier alpha value is -0.0800. The second kappa shape index (κ2) is 3.75. The first-order valence-corrected chi connectivity index (χ1v) is 4.73. The van der Waals surface area contributed by atoms with Gasteiger partial charge in [-0.25, -0.2) is 0 Å². The predicted molar refractivity (Wildman–Crippen MR) is 48.7 cm³/mol. The van der Waals surface area contributed by atoms with E-state index in [1.165, 1.54) is 0 Å². The van der Waals surface area contributed by atoms with Gasteiger partial charge in [-0.3, -0.25) is 0 Å². The predicted octanol–water partition coefficient (Wildman–Crippen LogP) is 2.39. The molecule has 1 aliphatic rings. The summed E-state index contributed by atoms with van der Waals surface area (Å²) >= 11 is 0. The molecule has 2 atom stereocenters. The standard InChI is InChI=1S/C10H19O2/c1-5-10(6-8(2)3)11-7-9(4)12-10/h8-9H,4-7H2,1-3H3. The van der Waals surface area contributed by atoms with E-state index in [0.29, 0.717) is 12.5 Å². The molecule has 1 saturated heterocycles. The summed E-state index contributed by atoms with van der Waals surface area (Å²) in [6.45, 7) is 10.9. The molecule has 71 valence electrons. The maximum Gasteiger partial charge on any atom is 0.168 e. The molecule has 0 bridgehead atoms. The summed E-state index contributed by atoms with van der Waals surface area (Å²) < 4.78 is 11.3. The van der Waals surface area contributed by atoms with Gasteiger partial charge in [-0.15, -0.1) is 0 Å². The zero-order valence-corrected chi connectivity index (χ0v) is 8.30. The number of hydrogen-bond donors (Lipinski definition) is 0. The number of ether oxygens (including phenoxy) is 2. The summed E-state index contributed by atoms with van der Waals surface area (Å²) in [5.74, 6) is 0.274. The highest BCUT2D eigenvalue weighted by Crippen LogP contribution is 2.32. The first-order valence-electron chi connectivity index (χ1n) is 4.73. The molecule has 2 nitrogen and oxygen atoms in total. The van der Waals surface area contributed by atoms with Gasteiger partial charge in [-0.1, -0.05) is 20.8 Å². The number of hydrogen-bond acceptors (Lipinski definition) is 2. The third kappa shape index (κ3) is 2.20. The van der Waals surface area contributed by atoms with Crippen molar-refractivity contribution in [1.82, 2.24) is 0 Å². The molecule has 1 fully saturated rings. The van der Waals surface area contributed by atoms with Crippen LogP contribution in [0.5, 0.6) is 0 Å². The van der Waals surface area contributed by atoms with Crippen molar-refractivity contribution in [3.63, 3.8) is 0 Å². The van der Waals surface area contributed by atoms with Gasteiger partial charge in [0, 0.05) is 6.42 Å². The molecule has 0 aliphatic carbocycles. The SMILES string of the molecule is [CH2]C1COC(CC)(CC(C)C)O1. The summed E-state index contributed by atoms with van der Waals surface area (Å²) in [6.07, 6.45) is 1.90. The van der Waals surface area contributed by atoms with Gasteiger partial charge in [-0.05, 0) is 19.3 Å². The van der Waals surface area contributed by atoms with Crippen molar-refractivity contribution < 1.29 is 9.47 Å². The van der Waals surface area contributed by atoms with E-state index in [0.717, 1.165) is 12.8 Å². The van der Waals surface area contributed by atoms with Gasteiger partial charge in [-0.2, -0.15) is 0 Å². The minimum Gasteiger partial charge on any atom is -0.347 e. The normalized spacial score (nSPS) is 36.2. The monoisotopic (exact) mass is 171 g/mol. The Kier molecular flexibility index (Phi) is 3.13. The van der Waals surface area contributed by atoms with Crippen molar-refractivity contribution >= 4 is 0 Å². The van der Waals surface area contributed by atoms with E-state index in [4.69, 9.17) is 9.47 Å². The van der Waals surface area contributed by atoms with Crippen LogP contribution in [0.4, 0.5) is 0 Å². The van der Waals surface area contributed by atoms with Crippen LogP contribution in [0, 0.1) is 12.8 Å². The van der Waals surface area contributed by atoms with Crippen molar-refractivity contribution in [2.75, 3.05) is 6.61 Å². The molecule has 0 saturated carbocycles. The molecule has 0 aromatic carbocycles. The molecule has 0 amide bonds. The Bertz CT molecular complexity index is 145. The summed E-state index contributed by atoms with van der Waals surface area (Å²) in [7, 11) is 0. The third-order valence-corrected chi connectivity index (χ3v) is 2.17. The van der Waals surface area contributed by atoms with E-state index >= 15 is 0 Å². The molecule has 1 heterocycles. The minimum absolute atomic E-state index is 0.0173. The second-order valence-corrected chi connectivity index (χ2v) is 3.91. The van der Waals surface area contributed by atoms with Gasteiger partial charge >= 0.3 is 0 Å². The van der Waals surface area contributed by atoms with Crippen molar-refractivity contribution in [3.05, 3.63) is 6.92 Å². The van der Waals surface area contributed by atoms with E-state index in [2.05, 4.69) is 27.7 Å². The Morgan fingerprint density at radius 3 is 2.58 bits per heavy atom. The van der Waals surface area contributed by atoms with Crippen molar-refractivity contribution in [2.24, 2.45) is 5.92 Å². The van der Waals surface area contributed by atoms with Crippen molar-refractivity contribution in [2.45, 2.75) is 45.5 Å². The van der Waals surface area contributed by atoms with Crippen LogP contribution in [0.2, 0.25) is 0 Å². The molecular weight excluding hydrogens is 152 g/mol. The zero-order chi connectivity index (χ0) is 9.19. The second-order valence-electron chi connectivity index (χ2n) is 3.91. The largest absolute Gasteiger partial charge is 0.347 e. The Balaban J connectivity index is 2.52. The fourth-order valence-electron chi connectivity index (χ4n) is 1.68. The highest BCUT2D eigenvalue weighted by atomic mass is 16.7. The summed E-state index contributed by atoms with van der Waals surface area (Å²) in [4.78, 5) is 0. The zero-order valence-electron chi connectivity index (χ0n) is 8.30. The highest BCUT2D eigenvalue weighted by Gasteiger charge is 2.38. The average Bonchev–Trinajstić information content (AvgIpc) is 2.32. The average molecular weight is 171 g/mol. The Morgan fingerprint density at radius 2 is 2.25 bits per heavy atom. The summed E-state index contributed by atoms with van der Waals surface area (Å²) in [5, 5.41) is 0.